The number of amides is 1. The van der Waals surface area contributed by atoms with Crippen LogP contribution in [0.5, 0.6) is 0 Å². The van der Waals surface area contributed by atoms with Crippen LogP contribution in [0.25, 0.3) is 5.69 Å². The first-order valence-electron chi connectivity index (χ1n) is 7.43. The van der Waals surface area contributed by atoms with Crippen LogP contribution in [0.1, 0.15) is 16.1 Å². The van der Waals surface area contributed by atoms with Crippen molar-refractivity contribution in [2.75, 3.05) is 0 Å². The number of fused-ring (bicyclic) bond motifs is 1. The monoisotopic (exact) mass is 357 g/mol. The fraction of sp³-hybridized carbons (Fsp3) is 0.0588. The van der Waals surface area contributed by atoms with Gasteiger partial charge in [-0.15, -0.1) is 0 Å². The van der Waals surface area contributed by atoms with Gasteiger partial charge < -0.3 is 0 Å². The summed E-state index contributed by atoms with van der Waals surface area (Å²) in [6.45, 7) is -0.182. The third kappa shape index (κ3) is 2.51. The molecule has 2 aromatic carbocycles. The molecule has 4 rings (SSSR count). The lowest BCUT2D eigenvalue weighted by molar-refractivity contribution is 0.0864. The zero-order valence-electron chi connectivity index (χ0n) is 12.8. The molecular formula is C17H12FN3O3S. The van der Waals surface area contributed by atoms with E-state index < -0.39 is 21.7 Å². The molecule has 0 spiro atoms. The van der Waals surface area contributed by atoms with Gasteiger partial charge in [0.25, 0.3) is 15.9 Å². The number of hydrogen-bond donors (Lipinski definition) is 0. The van der Waals surface area contributed by atoms with Crippen LogP contribution in [0.2, 0.25) is 0 Å². The molecule has 1 aromatic heterocycles. The standard InChI is InChI=1S/C17H12FN3O3S/c18-12-4-3-5-14(10-12)20-9-8-13(19-20)11-21-17(22)15-6-1-2-7-16(15)25(21,23)24/h1-10H,11H2. The Hall–Kier alpha value is -3.00. The van der Waals surface area contributed by atoms with E-state index in [1.165, 1.54) is 28.9 Å². The number of nitrogens with zero attached hydrogens (tertiary/aromatic N) is 3. The van der Waals surface area contributed by atoms with Gasteiger partial charge in [-0.2, -0.15) is 5.10 Å². The summed E-state index contributed by atoms with van der Waals surface area (Å²) < 4.78 is 40.6. The molecule has 0 saturated carbocycles. The molecule has 3 aromatic rings. The Morgan fingerprint density at radius 2 is 1.84 bits per heavy atom. The van der Waals surface area contributed by atoms with Crippen molar-refractivity contribution in [3.05, 3.63) is 77.9 Å². The first-order chi connectivity index (χ1) is 12.0. The van der Waals surface area contributed by atoms with Crippen molar-refractivity contribution in [3.8, 4) is 5.69 Å². The van der Waals surface area contributed by atoms with E-state index in [1.807, 2.05) is 0 Å². The molecule has 25 heavy (non-hydrogen) atoms. The minimum Gasteiger partial charge on any atom is -0.268 e. The highest BCUT2D eigenvalue weighted by Crippen LogP contribution is 2.31. The number of rotatable bonds is 3. The Balaban J connectivity index is 1.65. The summed E-state index contributed by atoms with van der Waals surface area (Å²) in [5.74, 6) is -0.974. The predicted molar refractivity (Wildman–Crippen MR) is 87.0 cm³/mol. The maximum Gasteiger partial charge on any atom is 0.269 e. The SMILES string of the molecule is O=C1c2ccccc2S(=O)(=O)N1Cc1ccn(-c2cccc(F)c2)n1. The number of aromatic nitrogens is 2. The third-order valence-corrected chi connectivity index (χ3v) is 5.72. The van der Waals surface area contributed by atoms with Gasteiger partial charge in [-0.3, -0.25) is 4.79 Å². The van der Waals surface area contributed by atoms with Gasteiger partial charge >= 0.3 is 0 Å². The number of carbonyl (C=O) groups excluding carboxylic acids is 1. The highest BCUT2D eigenvalue weighted by Gasteiger charge is 2.41. The van der Waals surface area contributed by atoms with Crippen LogP contribution < -0.4 is 0 Å². The predicted octanol–water partition coefficient (Wildman–Crippen LogP) is 2.36. The lowest BCUT2D eigenvalue weighted by Crippen LogP contribution is -2.29. The minimum absolute atomic E-state index is 0.00423. The molecule has 0 bridgehead atoms. The van der Waals surface area contributed by atoms with Gasteiger partial charge in [0.2, 0.25) is 0 Å². The molecule has 0 atom stereocenters. The number of halogens is 1. The van der Waals surface area contributed by atoms with E-state index >= 15 is 0 Å². The van der Waals surface area contributed by atoms with E-state index in [0.717, 1.165) is 4.31 Å². The number of sulfonamides is 1. The van der Waals surface area contributed by atoms with Gasteiger partial charge in [-0.05, 0) is 36.4 Å². The van der Waals surface area contributed by atoms with Crippen LogP contribution in [0.3, 0.4) is 0 Å². The Kier molecular flexibility index (Phi) is 3.43. The Labute approximate surface area is 143 Å². The quantitative estimate of drug-likeness (QED) is 0.721. The van der Waals surface area contributed by atoms with Crippen LogP contribution in [0.4, 0.5) is 4.39 Å². The smallest absolute Gasteiger partial charge is 0.268 e. The summed E-state index contributed by atoms with van der Waals surface area (Å²) in [4.78, 5) is 12.4. The lowest BCUT2D eigenvalue weighted by Gasteiger charge is -2.13. The Morgan fingerprint density at radius 3 is 2.60 bits per heavy atom. The largest absolute Gasteiger partial charge is 0.269 e. The maximum atomic E-state index is 13.3. The van der Waals surface area contributed by atoms with Gasteiger partial charge in [0.1, 0.15) is 10.7 Å². The van der Waals surface area contributed by atoms with Gasteiger partial charge in [0.15, 0.2) is 0 Å². The lowest BCUT2D eigenvalue weighted by atomic mass is 10.2. The van der Waals surface area contributed by atoms with Crippen LogP contribution in [-0.4, -0.2) is 28.4 Å². The average Bonchev–Trinajstić information content (AvgIpc) is 3.14. The molecule has 0 N–H and O–H groups in total. The molecule has 6 nitrogen and oxygen atoms in total. The summed E-state index contributed by atoms with van der Waals surface area (Å²) in [6, 6.07) is 13.5. The topological polar surface area (TPSA) is 72.3 Å². The van der Waals surface area contributed by atoms with Crippen molar-refractivity contribution in [1.29, 1.82) is 0 Å². The molecule has 1 aliphatic rings. The van der Waals surface area contributed by atoms with E-state index in [2.05, 4.69) is 5.10 Å². The first kappa shape index (κ1) is 15.5. The van der Waals surface area contributed by atoms with Crippen molar-refractivity contribution in [2.24, 2.45) is 0 Å². The average molecular weight is 357 g/mol. The summed E-state index contributed by atoms with van der Waals surface area (Å²) in [5, 5.41) is 4.24. The van der Waals surface area contributed by atoms with E-state index in [1.54, 1.807) is 36.5 Å². The van der Waals surface area contributed by atoms with Crippen molar-refractivity contribution < 1.29 is 17.6 Å². The Bertz CT molecular complexity index is 1090. The molecule has 126 valence electrons. The van der Waals surface area contributed by atoms with E-state index in [-0.39, 0.29) is 17.0 Å². The van der Waals surface area contributed by atoms with Gasteiger partial charge in [0.05, 0.1) is 23.5 Å². The molecule has 0 radical (unpaired) electrons. The summed E-state index contributed by atoms with van der Waals surface area (Å²) in [5.41, 5.74) is 1.05. The van der Waals surface area contributed by atoms with Gasteiger partial charge in [-0.25, -0.2) is 21.8 Å². The van der Waals surface area contributed by atoms with Crippen LogP contribution in [0.15, 0.2) is 65.7 Å². The molecule has 0 fully saturated rings. The number of hydrogen-bond acceptors (Lipinski definition) is 4. The van der Waals surface area contributed by atoms with Crippen LogP contribution in [-0.2, 0) is 16.6 Å². The summed E-state index contributed by atoms with van der Waals surface area (Å²) in [7, 11) is -3.88. The van der Waals surface area contributed by atoms with Crippen LogP contribution in [0, 0.1) is 5.82 Å². The highest BCUT2D eigenvalue weighted by atomic mass is 32.2. The van der Waals surface area contributed by atoms with Crippen molar-refractivity contribution in [2.45, 2.75) is 11.4 Å². The maximum absolute atomic E-state index is 13.3. The molecule has 0 unspecified atom stereocenters. The Morgan fingerprint density at radius 1 is 1.04 bits per heavy atom. The molecule has 0 aliphatic carbocycles. The summed E-state index contributed by atoms with van der Waals surface area (Å²) >= 11 is 0. The minimum atomic E-state index is -3.88. The number of benzene rings is 2. The molecule has 1 amide bonds. The van der Waals surface area contributed by atoms with E-state index in [0.29, 0.717) is 11.4 Å². The highest BCUT2D eigenvalue weighted by molar-refractivity contribution is 7.90. The molecule has 0 saturated heterocycles. The molecule has 1 aliphatic heterocycles. The molecular weight excluding hydrogens is 345 g/mol. The molecule has 2 heterocycles. The first-order valence-corrected chi connectivity index (χ1v) is 8.87. The second-order valence-corrected chi connectivity index (χ2v) is 7.38. The second-order valence-electron chi connectivity index (χ2n) is 5.54. The summed E-state index contributed by atoms with van der Waals surface area (Å²) in [6.07, 6.45) is 1.59. The van der Waals surface area contributed by atoms with Crippen molar-refractivity contribution in [1.82, 2.24) is 14.1 Å². The van der Waals surface area contributed by atoms with Crippen molar-refractivity contribution in [3.63, 3.8) is 0 Å². The van der Waals surface area contributed by atoms with Gasteiger partial charge in [0, 0.05) is 6.20 Å². The fourth-order valence-corrected chi connectivity index (χ4v) is 4.28. The zero-order valence-corrected chi connectivity index (χ0v) is 13.6. The second kappa shape index (κ2) is 5.52. The zero-order chi connectivity index (χ0) is 17.6. The van der Waals surface area contributed by atoms with E-state index in [4.69, 9.17) is 0 Å². The fourth-order valence-electron chi connectivity index (χ4n) is 2.74. The van der Waals surface area contributed by atoms with E-state index in [9.17, 15) is 17.6 Å². The van der Waals surface area contributed by atoms with Crippen molar-refractivity contribution >= 4 is 15.9 Å². The van der Waals surface area contributed by atoms with Crippen LogP contribution >= 0.6 is 0 Å². The van der Waals surface area contributed by atoms with Gasteiger partial charge in [-0.1, -0.05) is 18.2 Å². The third-order valence-electron chi connectivity index (χ3n) is 3.93. The normalized spacial score (nSPS) is 15.4. The molecule has 8 heteroatoms. The number of carbonyl (C=O) groups is 1.